The molecule has 0 aliphatic heterocycles. The van der Waals surface area contributed by atoms with Crippen molar-refractivity contribution in [1.29, 1.82) is 0 Å². The smallest absolute Gasteiger partial charge is 0.310 e. The van der Waals surface area contributed by atoms with Gasteiger partial charge >= 0.3 is 5.97 Å². The van der Waals surface area contributed by atoms with Crippen LogP contribution in [0.15, 0.2) is 0 Å². The lowest BCUT2D eigenvalue weighted by molar-refractivity contribution is -0.140. The summed E-state index contributed by atoms with van der Waals surface area (Å²) in [6.45, 7) is 0.627. The molecule has 0 radical (unpaired) electrons. The summed E-state index contributed by atoms with van der Waals surface area (Å²) in [5.74, 6) is -2.80. The average Bonchev–Trinajstić information content (AvgIpc) is 2.59. The van der Waals surface area contributed by atoms with Crippen LogP contribution >= 0.6 is 0 Å². The summed E-state index contributed by atoms with van der Waals surface area (Å²) in [7, 11) is 0. The van der Waals surface area contributed by atoms with E-state index in [1.807, 2.05) is 0 Å². The van der Waals surface area contributed by atoms with Crippen molar-refractivity contribution in [2.75, 3.05) is 13.1 Å². The van der Waals surface area contributed by atoms with Gasteiger partial charge in [-0.05, 0) is 19.4 Å². The minimum Gasteiger partial charge on any atom is -0.481 e. The van der Waals surface area contributed by atoms with E-state index in [4.69, 9.17) is 10.8 Å². The van der Waals surface area contributed by atoms with E-state index in [2.05, 4.69) is 5.32 Å². The average molecular weight is 384 g/mol. The second kappa shape index (κ2) is 14.7. The second-order valence-electron chi connectivity index (χ2n) is 6.25. The van der Waals surface area contributed by atoms with Crippen LogP contribution < -0.4 is 11.1 Å². The molecule has 0 aliphatic rings. The van der Waals surface area contributed by atoms with Gasteiger partial charge in [0.25, 0.3) is 0 Å². The SMILES string of the molecule is NCCCC(=O)CCC(=O)CCC(=O)CCCNC(=O)CC(=O)CC(=O)O. The van der Waals surface area contributed by atoms with E-state index in [9.17, 15) is 28.8 Å². The Labute approximate surface area is 158 Å². The number of nitrogens with two attached hydrogens (primary N) is 1. The largest absolute Gasteiger partial charge is 0.481 e. The van der Waals surface area contributed by atoms with Crippen molar-refractivity contribution < 1.29 is 33.9 Å². The maximum Gasteiger partial charge on any atom is 0.310 e. The predicted molar refractivity (Wildman–Crippen MR) is 95.9 cm³/mol. The van der Waals surface area contributed by atoms with Gasteiger partial charge in [0.2, 0.25) is 5.91 Å². The van der Waals surface area contributed by atoms with Crippen molar-refractivity contribution in [3.8, 4) is 0 Å². The van der Waals surface area contributed by atoms with E-state index < -0.39 is 30.5 Å². The monoisotopic (exact) mass is 384 g/mol. The van der Waals surface area contributed by atoms with Crippen molar-refractivity contribution >= 4 is 35.0 Å². The van der Waals surface area contributed by atoms with Gasteiger partial charge in [0.05, 0.1) is 6.42 Å². The van der Waals surface area contributed by atoms with Crippen molar-refractivity contribution in [3.63, 3.8) is 0 Å². The number of carboxylic acids is 1. The van der Waals surface area contributed by atoms with Gasteiger partial charge in [-0.25, -0.2) is 0 Å². The zero-order valence-electron chi connectivity index (χ0n) is 15.5. The molecule has 0 spiro atoms. The maximum atomic E-state index is 11.7. The van der Waals surface area contributed by atoms with Crippen LogP contribution in [0, 0.1) is 0 Å². The molecule has 0 rings (SSSR count). The summed E-state index contributed by atoms with van der Waals surface area (Å²) in [6.07, 6.45) is 0.843. The van der Waals surface area contributed by atoms with E-state index in [0.717, 1.165) is 0 Å². The molecule has 0 aromatic carbocycles. The highest BCUT2D eigenvalue weighted by Gasteiger charge is 2.13. The molecule has 0 aromatic heterocycles. The number of carbonyl (C=O) groups excluding carboxylic acids is 5. The molecule has 27 heavy (non-hydrogen) atoms. The topological polar surface area (TPSA) is 161 Å². The van der Waals surface area contributed by atoms with Crippen molar-refractivity contribution in [2.24, 2.45) is 5.73 Å². The molecular formula is C18H28N2O7. The number of ketones is 4. The summed E-state index contributed by atoms with van der Waals surface area (Å²) < 4.78 is 0. The molecule has 0 fully saturated rings. The molecule has 0 aliphatic carbocycles. The fourth-order valence-electron chi connectivity index (χ4n) is 2.22. The van der Waals surface area contributed by atoms with E-state index in [0.29, 0.717) is 25.8 Å². The molecule has 0 atom stereocenters. The molecule has 0 heterocycles. The molecule has 9 nitrogen and oxygen atoms in total. The Morgan fingerprint density at radius 3 is 1.63 bits per heavy atom. The number of rotatable bonds is 17. The first kappa shape index (κ1) is 24.6. The van der Waals surface area contributed by atoms with Crippen LogP contribution in [0.5, 0.6) is 0 Å². The first-order valence-corrected chi connectivity index (χ1v) is 9.00. The normalized spacial score (nSPS) is 10.3. The standard InChI is InChI=1S/C18H28N2O7/c19-9-1-3-13(21)5-7-15(23)8-6-14(22)4-2-10-20-17(25)11-16(24)12-18(26)27/h1-12,19H2,(H,20,25)(H,26,27). The van der Waals surface area contributed by atoms with Gasteiger partial charge in [0, 0.05) is 45.1 Å². The van der Waals surface area contributed by atoms with Crippen LogP contribution in [0.4, 0.5) is 0 Å². The third kappa shape index (κ3) is 15.5. The molecule has 0 saturated heterocycles. The van der Waals surface area contributed by atoms with Crippen LogP contribution in [0.3, 0.4) is 0 Å². The number of amides is 1. The van der Waals surface area contributed by atoms with Gasteiger partial charge in [0.15, 0.2) is 5.78 Å². The van der Waals surface area contributed by atoms with Crippen LogP contribution in [-0.2, 0) is 28.8 Å². The minimum absolute atomic E-state index is 0.00213. The highest BCUT2D eigenvalue weighted by Crippen LogP contribution is 2.05. The van der Waals surface area contributed by atoms with Gasteiger partial charge < -0.3 is 16.2 Å². The molecule has 0 aromatic rings. The Morgan fingerprint density at radius 1 is 0.667 bits per heavy atom. The molecule has 0 saturated carbocycles. The molecular weight excluding hydrogens is 356 g/mol. The number of carbonyl (C=O) groups is 6. The zero-order valence-corrected chi connectivity index (χ0v) is 15.5. The van der Waals surface area contributed by atoms with Crippen LogP contribution in [-0.4, -0.2) is 53.2 Å². The third-order valence-electron chi connectivity index (χ3n) is 3.69. The molecule has 4 N–H and O–H groups in total. The van der Waals surface area contributed by atoms with Crippen LogP contribution in [0.1, 0.15) is 64.2 Å². The third-order valence-corrected chi connectivity index (χ3v) is 3.69. The fraction of sp³-hybridized carbons (Fsp3) is 0.667. The highest BCUT2D eigenvalue weighted by atomic mass is 16.4. The van der Waals surface area contributed by atoms with E-state index in [1.165, 1.54) is 0 Å². The van der Waals surface area contributed by atoms with E-state index >= 15 is 0 Å². The summed E-state index contributed by atoms with van der Waals surface area (Å²) in [4.78, 5) is 67.7. The summed E-state index contributed by atoms with van der Waals surface area (Å²) in [5, 5.41) is 10.9. The first-order valence-electron chi connectivity index (χ1n) is 9.00. The lowest BCUT2D eigenvalue weighted by Crippen LogP contribution is -2.27. The van der Waals surface area contributed by atoms with Crippen LogP contribution in [0.2, 0.25) is 0 Å². The quantitative estimate of drug-likeness (QED) is 0.239. The first-order chi connectivity index (χ1) is 12.7. The van der Waals surface area contributed by atoms with Gasteiger partial charge in [0.1, 0.15) is 23.8 Å². The number of Topliss-reactive ketones (excluding diaryl/α,β-unsaturated/α-hetero) is 4. The number of aliphatic carboxylic acids is 1. The maximum absolute atomic E-state index is 11.7. The molecule has 1 amide bonds. The van der Waals surface area contributed by atoms with Crippen LogP contribution in [0.25, 0.3) is 0 Å². The molecule has 0 unspecified atom stereocenters. The van der Waals surface area contributed by atoms with Gasteiger partial charge in [-0.15, -0.1) is 0 Å². The Kier molecular flexibility index (Phi) is 13.4. The van der Waals surface area contributed by atoms with Crippen molar-refractivity contribution in [2.45, 2.75) is 64.2 Å². The second-order valence-corrected chi connectivity index (χ2v) is 6.25. The van der Waals surface area contributed by atoms with Gasteiger partial charge in [-0.3, -0.25) is 28.8 Å². The number of hydrogen-bond acceptors (Lipinski definition) is 7. The highest BCUT2D eigenvalue weighted by molar-refractivity contribution is 6.04. The summed E-state index contributed by atoms with van der Waals surface area (Å²) in [6, 6.07) is 0. The fourth-order valence-corrected chi connectivity index (χ4v) is 2.22. The lowest BCUT2D eigenvalue weighted by atomic mass is 10.0. The Hall–Kier alpha value is -2.42. The predicted octanol–water partition coefficient (Wildman–Crippen LogP) is 0.323. The Balaban J connectivity index is 3.75. The number of nitrogens with one attached hydrogen (secondary N) is 1. The summed E-state index contributed by atoms with van der Waals surface area (Å²) >= 11 is 0. The van der Waals surface area contributed by atoms with Gasteiger partial charge in [-0.2, -0.15) is 0 Å². The van der Waals surface area contributed by atoms with E-state index in [1.54, 1.807) is 0 Å². The summed E-state index contributed by atoms with van der Waals surface area (Å²) in [5.41, 5.74) is 5.30. The van der Waals surface area contributed by atoms with Gasteiger partial charge in [-0.1, -0.05) is 0 Å². The van der Waals surface area contributed by atoms with Crippen molar-refractivity contribution in [3.05, 3.63) is 0 Å². The Bertz CT molecular complexity index is 558. The minimum atomic E-state index is -1.28. The lowest BCUT2D eigenvalue weighted by Gasteiger charge is -2.04. The van der Waals surface area contributed by atoms with E-state index in [-0.39, 0.29) is 56.0 Å². The molecule has 0 bridgehead atoms. The Morgan fingerprint density at radius 2 is 1.15 bits per heavy atom. The molecule has 9 heteroatoms. The molecule has 152 valence electrons. The zero-order chi connectivity index (χ0) is 20.7. The number of hydrogen-bond donors (Lipinski definition) is 3. The number of carboxylic acid groups (broad SMARTS) is 1. The van der Waals surface area contributed by atoms with Crippen molar-refractivity contribution in [1.82, 2.24) is 5.32 Å².